The molecule has 6 heteroatoms. The molecule has 0 amide bonds. The molecule has 3 heterocycles. The number of fused-ring (bicyclic) bond motifs is 4. The fourth-order valence-electron chi connectivity index (χ4n) is 9.33. The predicted octanol–water partition coefficient (Wildman–Crippen LogP) is 14.9. The second kappa shape index (κ2) is 17.2. The number of hydrogen-bond donors (Lipinski definition) is 0. The minimum atomic E-state index is 0. The zero-order chi connectivity index (χ0) is 42.4. The average molecular weight is 1010 g/mol. The van der Waals surface area contributed by atoms with Gasteiger partial charge in [-0.25, -0.2) is 4.98 Å². The molecule has 1 aliphatic heterocycles. The SMILES string of the molecule is Cc1ccccc1-c1ccnc(-n2c3[c-]c(N(c4[c-]c(N5CN(C(C)C)c6ccccc65)ccc4)c4c(-c5ccccc5)cccc4-c4ccccc4)ccc3c3ccccc32)c1.[Pt+2]. The van der Waals surface area contributed by atoms with Crippen molar-refractivity contribution >= 4 is 55.9 Å². The van der Waals surface area contributed by atoms with Gasteiger partial charge in [-0.05, 0) is 84.3 Å². The van der Waals surface area contributed by atoms with Gasteiger partial charge in [-0.3, -0.25) is 0 Å². The maximum absolute atomic E-state index is 5.04. The number of aryl methyl sites for hydroxylation is 1. The van der Waals surface area contributed by atoms with Crippen molar-refractivity contribution in [2.75, 3.05) is 21.4 Å². The summed E-state index contributed by atoms with van der Waals surface area (Å²) < 4.78 is 2.27. The number of anilines is 6. The van der Waals surface area contributed by atoms with Crippen LogP contribution in [0.25, 0.3) is 61.0 Å². The number of para-hydroxylation sites is 4. The third-order valence-corrected chi connectivity index (χ3v) is 12.4. The number of benzene rings is 8. The molecular formula is C58H45N5Pt. The van der Waals surface area contributed by atoms with Crippen LogP contribution in [0, 0.1) is 19.1 Å². The number of pyridine rings is 1. The van der Waals surface area contributed by atoms with Crippen molar-refractivity contribution in [1.29, 1.82) is 0 Å². The number of nitrogens with zero attached hydrogens (tertiary/aromatic N) is 5. The Hall–Kier alpha value is -7.20. The van der Waals surface area contributed by atoms with E-state index in [0.717, 1.165) is 84.9 Å². The first-order valence-electron chi connectivity index (χ1n) is 21.7. The standard InChI is InChI=1S/C58H45N5.Pt/c1-40(2)60-39-61(55-31-15-14-30-54(55)60)45-23-16-24-46(37-45)62(58-49(42-19-6-4-7-20-42)27-17-28-50(58)43-21-8-5-9-22-43)47-32-33-52-51-26-12-13-29-53(51)63(56(52)38-47)57-36-44(34-35-59-57)48-25-11-10-18-41(48)3;/h4-36,40H,39H2,1-3H3;/q-2;+2. The smallest absolute Gasteiger partial charge is 0.357 e. The van der Waals surface area contributed by atoms with Crippen LogP contribution in [0.2, 0.25) is 0 Å². The number of hydrogen-bond acceptors (Lipinski definition) is 4. The van der Waals surface area contributed by atoms with Gasteiger partial charge in [0.15, 0.2) is 0 Å². The molecule has 10 aromatic rings. The Balaban J connectivity index is 0.00000484. The summed E-state index contributed by atoms with van der Waals surface area (Å²) in [6.07, 6.45) is 1.92. The molecular weight excluding hydrogens is 962 g/mol. The summed E-state index contributed by atoms with van der Waals surface area (Å²) in [4.78, 5) is 12.2. The Labute approximate surface area is 389 Å². The Morgan fingerprint density at radius 1 is 0.547 bits per heavy atom. The van der Waals surface area contributed by atoms with Crippen LogP contribution in [0.5, 0.6) is 0 Å². The van der Waals surface area contributed by atoms with E-state index in [-0.39, 0.29) is 21.1 Å². The molecule has 64 heavy (non-hydrogen) atoms. The topological polar surface area (TPSA) is 27.5 Å². The maximum atomic E-state index is 5.04. The first kappa shape index (κ1) is 40.8. The molecule has 0 saturated heterocycles. The molecule has 0 bridgehead atoms. The summed E-state index contributed by atoms with van der Waals surface area (Å²) in [6, 6.07) is 77.6. The molecule has 0 atom stereocenters. The van der Waals surface area contributed by atoms with E-state index in [1.807, 2.05) is 6.20 Å². The zero-order valence-electron chi connectivity index (χ0n) is 35.9. The van der Waals surface area contributed by atoms with Crippen LogP contribution < -0.4 is 14.7 Å². The molecule has 2 aromatic heterocycles. The first-order chi connectivity index (χ1) is 31.0. The van der Waals surface area contributed by atoms with E-state index < -0.39 is 0 Å². The monoisotopic (exact) mass is 1010 g/mol. The Kier molecular flexibility index (Phi) is 11.0. The van der Waals surface area contributed by atoms with Crippen LogP contribution in [-0.2, 0) is 21.1 Å². The van der Waals surface area contributed by atoms with Crippen molar-refractivity contribution in [1.82, 2.24) is 9.55 Å². The van der Waals surface area contributed by atoms with Gasteiger partial charge in [-0.1, -0.05) is 156 Å². The molecule has 0 spiro atoms. The van der Waals surface area contributed by atoms with Crippen molar-refractivity contribution in [3.05, 3.63) is 218 Å². The third-order valence-electron chi connectivity index (χ3n) is 12.4. The molecule has 11 rings (SSSR count). The van der Waals surface area contributed by atoms with Gasteiger partial charge in [0.1, 0.15) is 5.82 Å². The molecule has 0 saturated carbocycles. The fraction of sp³-hybridized carbons (Fsp3) is 0.0862. The van der Waals surface area contributed by atoms with Crippen LogP contribution in [0.15, 0.2) is 200 Å². The largest absolute Gasteiger partial charge is 2.00 e. The van der Waals surface area contributed by atoms with E-state index in [2.05, 4.69) is 246 Å². The first-order valence-corrected chi connectivity index (χ1v) is 21.7. The number of rotatable bonds is 9. The quantitative estimate of drug-likeness (QED) is 0.135. The van der Waals surface area contributed by atoms with E-state index in [0.29, 0.717) is 6.04 Å². The molecule has 0 N–H and O–H groups in total. The summed E-state index contributed by atoms with van der Waals surface area (Å²) >= 11 is 0. The van der Waals surface area contributed by atoms with Crippen molar-refractivity contribution in [3.8, 4) is 39.2 Å². The van der Waals surface area contributed by atoms with Gasteiger partial charge < -0.3 is 19.3 Å². The molecule has 312 valence electrons. The fourth-order valence-corrected chi connectivity index (χ4v) is 9.33. The molecule has 0 aliphatic carbocycles. The summed E-state index contributed by atoms with van der Waals surface area (Å²) in [5.41, 5.74) is 16.3. The van der Waals surface area contributed by atoms with Gasteiger partial charge in [-0.15, -0.1) is 35.7 Å². The molecule has 0 unspecified atom stereocenters. The van der Waals surface area contributed by atoms with E-state index in [4.69, 9.17) is 4.98 Å². The minimum absolute atomic E-state index is 0. The van der Waals surface area contributed by atoms with Crippen molar-refractivity contribution in [3.63, 3.8) is 0 Å². The Morgan fingerprint density at radius 2 is 1.17 bits per heavy atom. The Morgan fingerprint density at radius 3 is 1.91 bits per heavy atom. The summed E-state index contributed by atoms with van der Waals surface area (Å²) in [5.74, 6) is 0.840. The van der Waals surface area contributed by atoms with E-state index in [1.165, 1.54) is 22.5 Å². The molecule has 1 aliphatic rings. The van der Waals surface area contributed by atoms with Crippen LogP contribution in [0.1, 0.15) is 19.4 Å². The van der Waals surface area contributed by atoms with Crippen molar-refractivity contribution < 1.29 is 21.1 Å². The molecule has 8 aromatic carbocycles. The second-order valence-corrected chi connectivity index (χ2v) is 16.5. The summed E-state index contributed by atoms with van der Waals surface area (Å²) in [7, 11) is 0. The maximum Gasteiger partial charge on any atom is 2.00 e. The normalized spacial score (nSPS) is 12.2. The van der Waals surface area contributed by atoms with Gasteiger partial charge in [0.25, 0.3) is 0 Å². The molecule has 5 nitrogen and oxygen atoms in total. The average Bonchev–Trinajstić information content (AvgIpc) is 3.89. The molecule has 0 radical (unpaired) electrons. The van der Waals surface area contributed by atoms with Crippen LogP contribution in [0.4, 0.5) is 34.1 Å². The van der Waals surface area contributed by atoms with Gasteiger partial charge in [0.05, 0.1) is 23.7 Å². The van der Waals surface area contributed by atoms with Crippen molar-refractivity contribution in [2.24, 2.45) is 0 Å². The summed E-state index contributed by atoms with van der Waals surface area (Å²) in [5, 5.41) is 2.26. The predicted molar refractivity (Wildman–Crippen MR) is 263 cm³/mol. The molecule has 0 fully saturated rings. The van der Waals surface area contributed by atoms with E-state index in [9.17, 15) is 0 Å². The van der Waals surface area contributed by atoms with Crippen LogP contribution >= 0.6 is 0 Å². The van der Waals surface area contributed by atoms with Crippen LogP contribution in [0.3, 0.4) is 0 Å². The third kappa shape index (κ3) is 7.16. The van der Waals surface area contributed by atoms with Gasteiger partial charge >= 0.3 is 21.1 Å². The number of aromatic nitrogens is 2. The van der Waals surface area contributed by atoms with E-state index >= 15 is 0 Å². The van der Waals surface area contributed by atoms with E-state index in [1.54, 1.807) is 0 Å². The summed E-state index contributed by atoms with van der Waals surface area (Å²) in [6.45, 7) is 7.41. The zero-order valence-corrected chi connectivity index (χ0v) is 38.2. The van der Waals surface area contributed by atoms with Gasteiger partial charge in [0.2, 0.25) is 0 Å². The minimum Gasteiger partial charge on any atom is -0.357 e. The Bertz CT molecular complexity index is 3230. The van der Waals surface area contributed by atoms with Gasteiger partial charge in [0, 0.05) is 28.9 Å². The van der Waals surface area contributed by atoms with Gasteiger partial charge in [-0.2, -0.15) is 12.1 Å². The van der Waals surface area contributed by atoms with Crippen molar-refractivity contribution in [2.45, 2.75) is 26.8 Å². The van der Waals surface area contributed by atoms with Crippen LogP contribution in [-0.4, -0.2) is 22.3 Å². The second-order valence-electron chi connectivity index (χ2n) is 16.5.